The number of aliphatic hydroxyl groups is 1. The standard InChI is InChI=1S/C14H13FN2O3/c15-11-2-4-12(5-3-11)16-13-9-10(7-8-18)1-6-14(13)17(19)20/h1-6,9,16,18H,7-8H2. The minimum atomic E-state index is -0.491. The predicted octanol–water partition coefficient (Wildman–Crippen LogP) is 3.01. The molecule has 0 amide bonds. The van der Waals surface area contributed by atoms with Gasteiger partial charge in [0.1, 0.15) is 11.5 Å². The molecule has 0 spiro atoms. The van der Waals surface area contributed by atoms with Crippen molar-refractivity contribution in [3.05, 3.63) is 64.0 Å². The van der Waals surface area contributed by atoms with Gasteiger partial charge in [-0.05, 0) is 42.3 Å². The first kappa shape index (κ1) is 14.0. The van der Waals surface area contributed by atoms with E-state index in [2.05, 4.69) is 5.32 Å². The van der Waals surface area contributed by atoms with Crippen molar-refractivity contribution in [1.82, 2.24) is 0 Å². The zero-order chi connectivity index (χ0) is 14.5. The second kappa shape index (κ2) is 6.12. The molecule has 0 saturated heterocycles. The van der Waals surface area contributed by atoms with Crippen molar-refractivity contribution >= 4 is 17.1 Å². The lowest BCUT2D eigenvalue weighted by Gasteiger charge is -2.09. The zero-order valence-electron chi connectivity index (χ0n) is 10.5. The van der Waals surface area contributed by atoms with E-state index in [-0.39, 0.29) is 18.1 Å². The Morgan fingerprint density at radius 2 is 1.90 bits per heavy atom. The van der Waals surface area contributed by atoms with Gasteiger partial charge < -0.3 is 10.4 Å². The molecule has 2 aromatic rings. The maximum Gasteiger partial charge on any atom is 0.292 e. The summed E-state index contributed by atoms with van der Waals surface area (Å²) >= 11 is 0. The largest absolute Gasteiger partial charge is 0.396 e. The first-order chi connectivity index (χ1) is 9.60. The molecule has 0 aliphatic carbocycles. The average Bonchev–Trinajstić information content (AvgIpc) is 2.42. The third-order valence-electron chi connectivity index (χ3n) is 2.78. The molecule has 0 unspecified atom stereocenters. The molecule has 20 heavy (non-hydrogen) atoms. The molecule has 2 N–H and O–H groups in total. The number of benzene rings is 2. The number of aliphatic hydroxyl groups excluding tert-OH is 1. The van der Waals surface area contributed by atoms with Crippen LogP contribution >= 0.6 is 0 Å². The number of anilines is 2. The van der Waals surface area contributed by atoms with Crippen LogP contribution in [0.2, 0.25) is 0 Å². The number of hydrogen-bond acceptors (Lipinski definition) is 4. The molecule has 0 atom stereocenters. The summed E-state index contributed by atoms with van der Waals surface area (Å²) in [6, 6.07) is 10.1. The fraction of sp³-hybridized carbons (Fsp3) is 0.143. The summed E-state index contributed by atoms with van der Waals surface area (Å²) in [6.45, 7) is -0.0339. The fourth-order valence-corrected chi connectivity index (χ4v) is 1.82. The number of nitro groups is 1. The molecule has 2 rings (SSSR count). The van der Waals surface area contributed by atoms with Crippen LogP contribution in [0.1, 0.15) is 5.56 Å². The highest BCUT2D eigenvalue weighted by molar-refractivity contribution is 5.70. The van der Waals surface area contributed by atoms with Crippen molar-refractivity contribution in [3.8, 4) is 0 Å². The minimum Gasteiger partial charge on any atom is -0.396 e. The third kappa shape index (κ3) is 3.30. The highest BCUT2D eigenvalue weighted by atomic mass is 19.1. The third-order valence-corrected chi connectivity index (χ3v) is 2.78. The Morgan fingerprint density at radius 3 is 2.50 bits per heavy atom. The Labute approximate surface area is 114 Å². The van der Waals surface area contributed by atoms with Gasteiger partial charge in [-0.1, -0.05) is 6.07 Å². The normalized spacial score (nSPS) is 10.3. The maximum absolute atomic E-state index is 12.8. The zero-order valence-corrected chi connectivity index (χ0v) is 10.5. The van der Waals surface area contributed by atoms with Crippen molar-refractivity contribution in [2.24, 2.45) is 0 Å². The Morgan fingerprint density at radius 1 is 1.20 bits per heavy atom. The van der Waals surface area contributed by atoms with Crippen LogP contribution in [-0.2, 0) is 6.42 Å². The summed E-state index contributed by atoms with van der Waals surface area (Å²) in [5.41, 5.74) is 1.57. The van der Waals surface area contributed by atoms with E-state index in [1.807, 2.05) is 0 Å². The van der Waals surface area contributed by atoms with Crippen molar-refractivity contribution < 1.29 is 14.4 Å². The van der Waals surface area contributed by atoms with Gasteiger partial charge in [0.05, 0.1) is 4.92 Å². The predicted molar refractivity (Wildman–Crippen MR) is 73.6 cm³/mol. The molecule has 5 nitrogen and oxygen atoms in total. The lowest BCUT2D eigenvalue weighted by atomic mass is 10.1. The molecule has 0 aliphatic heterocycles. The summed E-state index contributed by atoms with van der Waals surface area (Å²) < 4.78 is 12.8. The molecule has 0 bridgehead atoms. The van der Waals surface area contributed by atoms with Gasteiger partial charge in [0.15, 0.2) is 0 Å². The summed E-state index contributed by atoms with van der Waals surface area (Å²) in [4.78, 5) is 10.5. The molecule has 104 valence electrons. The van der Waals surface area contributed by atoms with Crippen LogP contribution in [0, 0.1) is 15.9 Å². The van der Waals surface area contributed by atoms with E-state index in [4.69, 9.17) is 5.11 Å². The van der Waals surface area contributed by atoms with Crippen LogP contribution in [0.5, 0.6) is 0 Å². The summed E-state index contributed by atoms with van der Waals surface area (Å²) in [5, 5.41) is 22.8. The molecule has 0 aliphatic rings. The molecule has 0 radical (unpaired) electrons. The van der Waals surface area contributed by atoms with E-state index in [9.17, 15) is 14.5 Å². The quantitative estimate of drug-likeness (QED) is 0.650. The Kier molecular flexibility index (Phi) is 4.27. The van der Waals surface area contributed by atoms with Gasteiger partial charge in [-0.3, -0.25) is 10.1 Å². The molecule has 0 aromatic heterocycles. The summed E-state index contributed by atoms with van der Waals surface area (Å²) in [5.74, 6) is -0.376. The van der Waals surface area contributed by atoms with Gasteiger partial charge in [-0.2, -0.15) is 0 Å². The molecular weight excluding hydrogens is 263 g/mol. The first-order valence-corrected chi connectivity index (χ1v) is 6.01. The summed E-state index contributed by atoms with van der Waals surface area (Å²) in [6.07, 6.45) is 0.413. The van der Waals surface area contributed by atoms with Crippen LogP contribution in [0.15, 0.2) is 42.5 Å². The SMILES string of the molecule is O=[N+]([O-])c1ccc(CCO)cc1Nc1ccc(F)cc1. The topological polar surface area (TPSA) is 75.4 Å². The van der Waals surface area contributed by atoms with E-state index < -0.39 is 4.92 Å². The van der Waals surface area contributed by atoms with Crippen molar-refractivity contribution in [1.29, 1.82) is 0 Å². The number of nitrogens with zero attached hydrogens (tertiary/aromatic N) is 1. The number of rotatable bonds is 5. The highest BCUT2D eigenvalue weighted by Crippen LogP contribution is 2.28. The van der Waals surface area contributed by atoms with Crippen molar-refractivity contribution in [2.75, 3.05) is 11.9 Å². The van der Waals surface area contributed by atoms with Crippen LogP contribution in [-0.4, -0.2) is 16.6 Å². The van der Waals surface area contributed by atoms with Gasteiger partial charge >= 0.3 is 0 Å². The van der Waals surface area contributed by atoms with E-state index >= 15 is 0 Å². The summed E-state index contributed by atoms with van der Waals surface area (Å²) in [7, 11) is 0. The lowest BCUT2D eigenvalue weighted by Crippen LogP contribution is -1.99. The molecule has 0 heterocycles. The van der Waals surface area contributed by atoms with Crippen molar-refractivity contribution in [2.45, 2.75) is 6.42 Å². The fourth-order valence-electron chi connectivity index (χ4n) is 1.82. The second-order valence-electron chi connectivity index (χ2n) is 4.21. The van der Waals surface area contributed by atoms with Crippen LogP contribution in [0.4, 0.5) is 21.5 Å². The maximum atomic E-state index is 12.8. The van der Waals surface area contributed by atoms with Crippen molar-refractivity contribution in [3.63, 3.8) is 0 Å². The van der Waals surface area contributed by atoms with Crippen LogP contribution < -0.4 is 5.32 Å². The molecule has 0 saturated carbocycles. The minimum absolute atomic E-state index is 0.0339. The number of nitro benzene ring substituents is 1. The van der Waals surface area contributed by atoms with Gasteiger partial charge in [0.25, 0.3) is 5.69 Å². The smallest absolute Gasteiger partial charge is 0.292 e. The lowest BCUT2D eigenvalue weighted by molar-refractivity contribution is -0.383. The van der Waals surface area contributed by atoms with E-state index in [1.165, 1.54) is 30.3 Å². The average molecular weight is 276 g/mol. The van der Waals surface area contributed by atoms with Gasteiger partial charge in [-0.15, -0.1) is 0 Å². The van der Waals surface area contributed by atoms with Crippen LogP contribution in [0.25, 0.3) is 0 Å². The highest BCUT2D eigenvalue weighted by Gasteiger charge is 2.14. The molecule has 2 aromatic carbocycles. The van der Waals surface area contributed by atoms with Gasteiger partial charge in [0.2, 0.25) is 0 Å². The monoisotopic (exact) mass is 276 g/mol. The number of nitrogens with one attached hydrogen (secondary N) is 1. The molecule has 6 heteroatoms. The molecular formula is C14H13FN2O3. The Hall–Kier alpha value is -2.47. The van der Waals surface area contributed by atoms with Gasteiger partial charge in [-0.25, -0.2) is 4.39 Å². The first-order valence-electron chi connectivity index (χ1n) is 6.01. The van der Waals surface area contributed by atoms with E-state index in [1.54, 1.807) is 12.1 Å². The molecule has 0 fully saturated rings. The Bertz CT molecular complexity index is 614. The number of halogens is 1. The van der Waals surface area contributed by atoms with Crippen LogP contribution in [0.3, 0.4) is 0 Å². The van der Waals surface area contributed by atoms with E-state index in [0.717, 1.165) is 5.56 Å². The second-order valence-corrected chi connectivity index (χ2v) is 4.21. The Balaban J connectivity index is 2.34. The van der Waals surface area contributed by atoms with Gasteiger partial charge in [0, 0.05) is 18.4 Å². The number of hydrogen-bond donors (Lipinski definition) is 2. The van der Waals surface area contributed by atoms with E-state index in [0.29, 0.717) is 17.8 Å².